The molecule has 2 saturated heterocycles. The highest BCUT2D eigenvalue weighted by Gasteiger charge is 2.47. The molecule has 0 atom stereocenters. The van der Waals surface area contributed by atoms with E-state index in [1.165, 1.54) is 0 Å². The number of carbonyl (C=O) groups excluding carboxylic acids is 2. The van der Waals surface area contributed by atoms with E-state index in [4.69, 9.17) is 0 Å². The summed E-state index contributed by atoms with van der Waals surface area (Å²) in [4.78, 5) is 30.4. The first-order chi connectivity index (χ1) is 15.1. The molecule has 0 radical (unpaired) electrons. The van der Waals surface area contributed by atoms with Gasteiger partial charge in [0.05, 0.1) is 4.87 Å². The van der Waals surface area contributed by atoms with Crippen LogP contribution in [-0.4, -0.2) is 51.9 Å². The number of hydrogen-bond donors (Lipinski definition) is 0. The average Bonchev–Trinajstić information content (AvgIpc) is 3.21. The number of likely N-dealkylation sites (tertiary alicyclic amines) is 1. The van der Waals surface area contributed by atoms with Crippen molar-refractivity contribution in [2.75, 3.05) is 25.4 Å². The van der Waals surface area contributed by atoms with Crippen LogP contribution in [0, 0.1) is 6.92 Å². The van der Waals surface area contributed by atoms with E-state index in [-0.39, 0.29) is 16.7 Å². The highest BCUT2D eigenvalue weighted by Crippen LogP contribution is 2.44. The number of aryl methyl sites for hydroxylation is 1. The lowest BCUT2D eigenvalue weighted by Gasteiger charge is -2.44. The number of benzene rings is 3. The fraction of sp³-hybridized carbons (Fsp3) is 0.308. The van der Waals surface area contributed by atoms with E-state index in [1.54, 1.807) is 0 Å². The second-order valence-corrected chi connectivity index (χ2v) is 9.90. The predicted molar refractivity (Wildman–Crippen MR) is 126 cm³/mol. The number of carbonyl (C=O) groups is 2. The van der Waals surface area contributed by atoms with Crippen molar-refractivity contribution >= 4 is 34.3 Å². The summed E-state index contributed by atoms with van der Waals surface area (Å²) >= 11 is 1.88. The molecule has 1 spiro atoms. The van der Waals surface area contributed by atoms with Gasteiger partial charge in [0, 0.05) is 36.5 Å². The third-order valence-corrected chi connectivity index (χ3v) is 8.09. The van der Waals surface area contributed by atoms with E-state index in [9.17, 15) is 9.59 Å². The van der Waals surface area contributed by atoms with Crippen LogP contribution in [0.3, 0.4) is 0 Å². The van der Waals surface area contributed by atoms with E-state index < -0.39 is 0 Å². The van der Waals surface area contributed by atoms with Crippen molar-refractivity contribution in [3.05, 3.63) is 83.4 Å². The molecule has 2 fully saturated rings. The molecule has 5 heteroatoms. The van der Waals surface area contributed by atoms with Gasteiger partial charge < -0.3 is 9.80 Å². The van der Waals surface area contributed by atoms with Crippen LogP contribution in [0.4, 0.5) is 0 Å². The number of amides is 2. The summed E-state index contributed by atoms with van der Waals surface area (Å²) in [5.74, 6) is 1.16. The highest BCUT2D eigenvalue weighted by molar-refractivity contribution is 8.00. The second kappa shape index (κ2) is 8.04. The first-order valence-electron chi connectivity index (χ1n) is 10.9. The van der Waals surface area contributed by atoms with Crippen molar-refractivity contribution in [2.45, 2.75) is 24.6 Å². The van der Waals surface area contributed by atoms with Gasteiger partial charge in [-0.05, 0) is 48.7 Å². The SMILES string of the molecule is Cc1cccc(C(=O)N2CCSC23CCN(C(=O)c2cccc4ccccc24)CC3)c1. The molecular formula is C26H26N2O2S. The maximum absolute atomic E-state index is 13.3. The Hall–Kier alpha value is -2.79. The molecule has 158 valence electrons. The van der Waals surface area contributed by atoms with Gasteiger partial charge in [-0.15, -0.1) is 11.8 Å². The summed E-state index contributed by atoms with van der Waals surface area (Å²) in [6, 6.07) is 21.8. The summed E-state index contributed by atoms with van der Waals surface area (Å²) in [6.07, 6.45) is 1.62. The number of hydrogen-bond acceptors (Lipinski definition) is 3. The molecule has 0 N–H and O–H groups in total. The molecule has 2 aliphatic rings. The van der Waals surface area contributed by atoms with Crippen LogP contribution in [0.5, 0.6) is 0 Å². The monoisotopic (exact) mass is 430 g/mol. The van der Waals surface area contributed by atoms with E-state index in [0.29, 0.717) is 13.1 Å². The van der Waals surface area contributed by atoms with Gasteiger partial charge in [0.25, 0.3) is 11.8 Å². The second-order valence-electron chi connectivity index (χ2n) is 8.44. The third kappa shape index (κ3) is 3.61. The van der Waals surface area contributed by atoms with Gasteiger partial charge in [-0.1, -0.05) is 54.1 Å². The van der Waals surface area contributed by atoms with Crippen molar-refractivity contribution < 1.29 is 9.59 Å². The number of nitrogens with zero attached hydrogens (tertiary/aromatic N) is 2. The van der Waals surface area contributed by atoms with Crippen molar-refractivity contribution in [3.63, 3.8) is 0 Å². The topological polar surface area (TPSA) is 40.6 Å². The maximum atomic E-state index is 13.3. The Morgan fingerprint density at radius 1 is 0.871 bits per heavy atom. The number of rotatable bonds is 2. The smallest absolute Gasteiger partial charge is 0.255 e. The number of thioether (sulfide) groups is 1. The van der Waals surface area contributed by atoms with Crippen LogP contribution >= 0.6 is 11.8 Å². The zero-order valence-corrected chi connectivity index (χ0v) is 18.5. The molecule has 0 aliphatic carbocycles. The molecule has 2 amide bonds. The van der Waals surface area contributed by atoms with Crippen molar-refractivity contribution in [1.29, 1.82) is 0 Å². The molecule has 3 aromatic carbocycles. The minimum atomic E-state index is -0.198. The van der Waals surface area contributed by atoms with Crippen molar-refractivity contribution in [2.24, 2.45) is 0 Å². The molecule has 3 aromatic rings. The summed E-state index contributed by atoms with van der Waals surface area (Å²) in [6.45, 7) is 4.14. The Morgan fingerprint density at radius 2 is 1.61 bits per heavy atom. The van der Waals surface area contributed by atoms with Crippen LogP contribution in [0.15, 0.2) is 66.7 Å². The van der Waals surface area contributed by atoms with Crippen LogP contribution in [0.1, 0.15) is 39.1 Å². The molecule has 5 rings (SSSR count). The van der Waals surface area contributed by atoms with E-state index >= 15 is 0 Å². The highest BCUT2D eigenvalue weighted by atomic mass is 32.2. The van der Waals surface area contributed by atoms with Crippen molar-refractivity contribution in [3.8, 4) is 0 Å². The molecule has 4 nitrogen and oxygen atoms in total. The Bertz CT molecular complexity index is 1150. The zero-order chi connectivity index (χ0) is 21.4. The van der Waals surface area contributed by atoms with Crippen LogP contribution < -0.4 is 0 Å². The van der Waals surface area contributed by atoms with Gasteiger partial charge in [0.2, 0.25) is 0 Å². The lowest BCUT2D eigenvalue weighted by molar-refractivity contribution is 0.0498. The molecular weight excluding hydrogens is 404 g/mol. The van der Waals surface area contributed by atoms with E-state index in [1.807, 2.05) is 90.3 Å². The van der Waals surface area contributed by atoms with Gasteiger partial charge in [0.15, 0.2) is 0 Å². The van der Waals surface area contributed by atoms with E-state index in [0.717, 1.165) is 52.6 Å². The fourth-order valence-corrected chi connectivity index (χ4v) is 6.34. The third-order valence-electron chi connectivity index (χ3n) is 6.54. The summed E-state index contributed by atoms with van der Waals surface area (Å²) in [7, 11) is 0. The lowest BCUT2D eigenvalue weighted by atomic mass is 9.98. The van der Waals surface area contributed by atoms with Crippen LogP contribution in [0.25, 0.3) is 10.8 Å². The number of fused-ring (bicyclic) bond motifs is 1. The predicted octanol–water partition coefficient (Wildman–Crippen LogP) is 4.97. The largest absolute Gasteiger partial charge is 0.338 e. The van der Waals surface area contributed by atoms with Crippen molar-refractivity contribution in [1.82, 2.24) is 9.80 Å². The summed E-state index contributed by atoms with van der Waals surface area (Å²) in [5, 5.41) is 2.09. The Morgan fingerprint density at radius 3 is 2.42 bits per heavy atom. The molecule has 2 heterocycles. The summed E-state index contributed by atoms with van der Waals surface area (Å²) in [5.41, 5.74) is 2.62. The normalized spacial score (nSPS) is 18.0. The minimum absolute atomic E-state index is 0.0891. The molecule has 0 bridgehead atoms. The first-order valence-corrected chi connectivity index (χ1v) is 11.9. The number of piperidine rings is 1. The standard InChI is InChI=1S/C26H26N2O2S/c1-19-6-4-9-21(18-19)24(29)28-16-17-31-26(28)12-14-27(15-13-26)25(30)23-11-5-8-20-7-2-3-10-22(20)23/h2-11,18H,12-17H2,1H3. The zero-order valence-electron chi connectivity index (χ0n) is 17.7. The fourth-order valence-electron chi connectivity index (χ4n) is 4.88. The summed E-state index contributed by atoms with van der Waals surface area (Å²) < 4.78 is 0. The van der Waals surface area contributed by atoms with Gasteiger partial charge >= 0.3 is 0 Å². The van der Waals surface area contributed by atoms with Crippen LogP contribution in [-0.2, 0) is 0 Å². The van der Waals surface area contributed by atoms with Gasteiger partial charge in [-0.2, -0.15) is 0 Å². The molecule has 0 aromatic heterocycles. The molecule has 0 unspecified atom stereocenters. The van der Waals surface area contributed by atoms with E-state index in [2.05, 4.69) is 4.90 Å². The Labute approximate surface area is 187 Å². The first kappa shape index (κ1) is 20.1. The molecule has 31 heavy (non-hydrogen) atoms. The lowest BCUT2D eigenvalue weighted by Crippen LogP contribution is -2.53. The Kier molecular flexibility index (Phi) is 5.22. The maximum Gasteiger partial charge on any atom is 0.255 e. The van der Waals surface area contributed by atoms with Gasteiger partial charge in [-0.3, -0.25) is 9.59 Å². The van der Waals surface area contributed by atoms with Crippen LogP contribution in [0.2, 0.25) is 0 Å². The Balaban J connectivity index is 1.34. The molecule has 0 saturated carbocycles. The van der Waals surface area contributed by atoms with Gasteiger partial charge in [-0.25, -0.2) is 0 Å². The quantitative estimate of drug-likeness (QED) is 0.576. The minimum Gasteiger partial charge on any atom is -0.338 e. The van der Waals surface area contributed by atoms with Gasteiger partial charge in [0.1, 0.15) is 0 Å². The molecule has 2 aliphatic heterocycles. The average molecular weight is 431 g/mol.